The molecule has 0 aliphatic heterocycles. The van der Waals surface area contributed by atoms with Crippen LogP contribution < -0.4 is 10.1 Å². The van der Waals surface area contributed by atoms with Gasteiger partial charge in [-0.2, -0.15) is 5.10 Å². The average Bonchev–Trinajstić information content (AvgIpc) is 3.13. The molecule has 1 saturated carbocycles. The molecule has 1 aliphatic rings. The summed E-state index contributed by atoms with van der Waals surface area (Å²) in [6, 6.07) is 3.50. The highest BCUT2D eigenvalue weighted by molar-refractivity contribution is 5.93. The first kappa shape index (κ1) is 22.7. The molecule has 2 heterocycles. The highest BCUT2D eigenvalue weighted by Gasteiger charge is 2.30. The molecule has 3 rings (SSSR count). The zero-order valence-electron chi connectivity index (χ0n) is 18.8. The lowest BCUT2D eigenvalue weighted by atomic mass is 9.78. The van der Waals surface area contributed by atoms with E-state index in [0.29, 0.717) is 35.8 Å². The van der Waals surface area contributed by atoms with Gasteiger partial charge in [0, 0.05) is 12.1 Å². The molecule has 168 valence electrons. The first-order valence-electron chi connectivity index (χ1n) is 10.8. The maximum Gasteiger partial charge on any atom is 0.342 e. The summed E-state index contributed by atoms with van der Waals surface area (Å²) in [5.41, 5.74) is 0.820. The van der Waals surface area contributed by atoms with Gasteiger partial charge in [0.25, 0.3) is 5.91 Å². The van der Waals surface area contributed by atoms with Crippen LogP contribution in [0.15, 0.2) is 18.3 Å². The van der Waals surface area contributed by atoms with E-state index >= 15 is 0 Å². The van der Waals surface area contributed by atoms with E-state index in [1.807, 2.05) is 6.92 Å². The Labute approximate surface area is 182 Å². The number of esters is 1. The third kappa shape index (κ3) is 5.21. The molecule has 9 nitrogen and oxygen atoms in total. The minimum atomic E-state index is -0.898. The molecule has 2 aromatic rings. The molecular weight excluding hydrogens is 398 g/mol. The van der Waals surface area contributed by atoms with Crippen molar-refractivity contribution in [2.45, 2.75) is 66.0 Å². The van der Waals surface area contributed by atoms with Crippen molar-refractivity contribution in [2.75, 3.05) is 6.61 Å². The van der Waals surface area contributed by atoms with Crippen molar-refractivity contribution in [3.63, 3.8) is 0 Å². The zero-order chi connectivity index (χ0) is 22.5. The summed E-state index contributed by atoms with van der Waals surface area (Å²) in [5.74, 6) is 0.952. The van der Waals surface area contributed by atoms with Gasteiger partial charge in [0.15, 0.2) is 11.9 Å². The molecule has 0 spiro atoms. The second-order valence-electron chi connectivity index (χ2n) is 8.15. The number of nitrogens with zero attached hydrogens (tertiary/aromatic N) is 4. The molecule has 0 unspecified atom stereocenters. The first-order valence-corrected chi connectivity index (χ1v) is 10.8. The molecule has 31 heavy (non-hydrogen) atoms. The highest BCUT2D eigenvalue weighted by Crippen LogP contribution is 2.29. The summed E-state index contributed by atoms with van der Waals surface area (Å²) in [6.07, 6.45) is 3.74. The van der Waals surface area contributed by atoms with E-state index < -0.39 is 12.1 Å². The Bertz CT molecular complexity index is 911. The molecule has 0 aromatic carbocycles. The van der Waals surface area contributed by atoms with Gasteiger partial charge in [0.2, 0.25) is 5.88 Å². The van der Waals surface area contributed by atoms with Crippen molar-refractivity contribution in [1.82, 2.24) is 25.3 Å². The predicted octanol–water partition coefficient (Wildman–Crippen LogP) is 2.86. The maximum atomic E-state index is 12.7. The van der Waals surface area contributed by atoms with Crippen LogP contribution in [0.3, 0.4) is 0 Å². The number of hydrogen-bond acceptors (Lipinski definition) is 7. The van der Waals surface area contributed by atoms with Gasteiger partial charge in [-0.1, -0.05) is 26.7 Å². The zero-order valence-corrected chi connectivity index (χ0v) is 18.8. The van der Waals surface area contributed by atoms with Crippen molar-refractivity contribution >= 4 is 11.9 Å². The summed E-state index contributed by atoms with van der Waals surface area (Å²) in [5, 5.41) is 15.3. The van der Waals surface area contributed by atoms with Gasteiger partial charge in [-0.25, -0.2) is 9.48 Å². The second kappa shape index (κ2) is 9.89. The average molecular weight is 430 g/mol. The van der Waals surface area contributed by atoms with E-state index in [-0.39, 0.29) is 17.5 Å². The van der Waals surface area contributed by atoms with E-state index in [2.05, 4.69) is 34.5 Å². The van der Waals surface area contributed by atoms with E-state index in [9.17, 15) is 9.59 Å². The lowest BCUT2D eigenvalue weighted by molar-refractivity contribution is -0.130. The fourth-order valence-electron chi connectivity index (χ4n) is 3.86. The van der Waals surface area contributed by atoms with Crippen LogP contribution in [-0.2, 0) is 9.53 Å². The number of hydrogen-bond donors (Lipinski definition) is 1. The molecule has 4 atom stereocenters. The lowest BCUT2D eigenvalue weighted by Crippen LogP contribution is -2.47. The van der Waals surface area contributed by atoms with Crippen LogP contribution in [0.2, 0.25) is 0 Å². The third-order valence-corrected chi connectivity index (χ3v) is 6.05. The number of rotatable bonds is 7. The van der Waals surface area contributed by atoms with Gasteiger partial charge >= 0.3 is 5.97 Å². The Kier molecular flexibility index (Phi) is 7.25. The topological polar surface area (TPSA) is 108 Å². The van der Waals surface area contributed by atoms with Gasteiger partial charge in [0.05, 0.1) is 18.5 Å². The van der Waals surface area contributed by atoms with Crippen molar-refractivity contribution in [2.24, 2.45) is 11.8 Å². The maximum absolute atomic E-state index is 12.7. The molecule has 2 aromatic heterocycles. The molecule has 9 heteroatoms. The van der Waals surface area contributed by atoms with Crippen LogP contribution in [0.5, 0.6) is 5.88 Å². The molecule has 0 bridgehead atoms. The number of nitrogens with one attached hydrogen (secondary N) is 1. The number of carbonyl (C=O) groups excluding carboxylic acids is 2. The number of amides is 1. The number of ether oxygens (including phenoxy) is 2. The fourth-order valence-corrected chi connectivity index (χ4v) is 3.86. The van der Waals surface area contributed by atoms with Crippen LogP contribution in [0.4, 0.5) is 0 Å². The molecule has 1 N–H and O–H groups in total. The third-order valence-electron chi connectivity index (χ3n) is 6.05. The minimum absolute atomic E-state index is 0.111. The van der Waals surface area contributed by atoms with Crippen molar-refractivity contribution in [3.05, 3.63) is 29.6 Å². The van der Waals surface area contributed by atoms with E-state index in [4.69, 9.17) is 9.47 Å². The quantitative estimate of drug-likeness (QED) is 0.674. The van der Waals surface area contributed by atoms with Crippen molar-refractivity contribution < 1.29 is 19.1 Å². The van der Waals surface area contributed by atoms with E-state index in [1.165, 1.54) is 17.3 Å². The molecular formula is C22H31N5O4. The molecule has 0 radical (unpaired) electrons. The minimum Gasteiger partial charge on any atom is -0.477 e. The standard InChI is InChI=1S/C22H31N5O4/c1-6-30-20-11-10-19(25-26-20)27-15(4)17(12-23-27)22(29)31-16(5)21(28)24-18-9-7-8-13(2)14(18)3/h10-14,16,18H,6-9H2,1-5H3,(H,24,28)/t13-,14+,16-,18-/m1/s1. The van der Waals surface area contributed by atoms with Gasteiger partial charge in [-0.3, -0.25) is 4.79 Å². The van der Waals surface area contributed by atoms with E-state index in [0.717, 1.165) is 12.8 Å². The lowest BCUT2D eigenvalue weighted by Gasteiger charge is -2.35. The summed E-state index contributed by atoms with van der Waals surface area (Å²) < 4.78 is 12.2. The van der Waals surface area contributed by atoms with Crippen LogP contribution in [0.25, 0.3) is 5.82 Å². The molecule has 1 aliphatic carbocycles. The van der Waals surface area contributed by atoms with Crippen molar-refractivity contribution in [1.29, 1.82) is 0 Å². The SMILES string of the molecule is CCOc1ccc(-n2ncc(C(=O)O[C@H](C)C(=O)N[C@@H]3CCC[C@@H](C)[C@@H]3C)c2C)nn1. The first-order chi connectivity index (χ1) is 14.8. The number of aromatic nitrogens is 4. The summed E-state index contributed by atoms with van der Waals surface area (Å²) in [7, 11) is 0. The molecule has 1 fully saturated rings. The Morgan fingerprint density at radius 2 is 2.03 bits per heavy atom. The summed E-state index contributed by atoms with van der Waals surface area (Å²) in [6.45, 7) is 10.0. The molecule has 0 saturated heterocycles. The largest absolute Gasteiger partial charge is 0.477 e. The fraction of sp³-hybridized carbons (Fsp3) is 0.591. The smallest absolute Gasteiger partial charge is 0.342 e. The second-order valence-corrected chi connectivity index (χ2v) is 8.15. The summed E-state index contributed by atoms with van der Waals surface area (Å²) >= 11 is 0. The normalized spacial score (nSPS) is 21.9. The van der Waals surface area contributed by atoms with Crippen LogP contribution in [0.1, 0.15) is 63.0 Å². The Hall–Kier alpha value is -2.97. The van der Waals surface area contributed by atoms with Crippen LogP contribution in [0, 0.1) is 18.8 Å². The monoisotopic (exact) mass is 429 g/mol. The number of carbonyl (C=O) groups is 2. The highest BCUT2D eigenvalue weighted by atomic mass is 16.5. The van der Waals surface area contributed by atoms with Crippen molar-refractivity contribution in [3.8, 4) is 11.7 Å². The Balaban J connectivity index is 1.63. The van der Waals surface area contributed by atoms with E-state index in [1.54, 1.807) is 26.0 Å². The van der Waals surface area contributed by atoms with Crippen LogP contribution >= 0.6 is 0 Å². The Morgan fingerprint density at radius 3 is 2.71 bits per heavy atom. The van der Waals surface area contributed by atoms with Gasteiger partial charge < -0.3 is 14.8 Å². The predicted molar refractivity (Wildman–Crippen MR) is 114 cm³/mol. The summed E-state index contributed by atoms with van der Waals surface area (Å²) in [4.78, 5) is 25.2. The van der Waals surface area contributed by atoms with Gasteiger partial charge in [-0.05, 0) is 45.1 Å². The molecule has 1 amide bonds. The van der Waals surface area contributed by atoms with Gasteiger partial charge in [-0.15, -0.1) is 10.2 Å². The van der Waals surface area contributed by atoms with Crippen LogP contribution in [-0.4, -0.2) is 50.6 Å². The van der Waals surface area contributed by atoms with Gasteiger partial charge in [0.1, 0.15) is 5.56 Å². The Morgan fingerprint density at radius 1 is 1.26 bits per heavy atom.